The van der Waals surface area contributed by atoms with E-state index in [1.54, 1.807) is 6.20 Å². The second kappa shape index (κ2) is 11.8. The number of anilines is 1. The van der Waals surface area contributed by atoms with E-state index in [0.717, 1.165) is 76.6 Å². The van der Waals surface area contributed by atoms with E-state index in [4.69, 9.17) is 9.40 Å². The van der Waals surface area contributed by atoms with Crippen LogP contribution in [0, 0.1) is 19.8 Å². The van der Waals surface area contributed by atoms with Crippen molar-refractivity contribution in [2.24, 2.45) is 13.0 Å². The van der Waals surface area contributed by atoms with Gasteiger partial charge >= 0.3 is 5.97 Å². The van der Waals surface area contributed by atoms with Gasteiger partial charge in [-0.3, -0.25) is 19.5 Å². The van der Waals surface area contributed by atoms with Gasteiger partial charge in [-0.15, -0.1) is 0 Å². The first-order valence-corrected chi connectivity index (χ1v) is 15.6. The number of fused-ring (bicyclic) bond motifs is 2. The number of likely N-dealkylation sites (N-methyl/N-ethyl adjacent to an activating group) is 1. The molecule has 2 aromatic carbocycles. The molecule has 2 aliphatic rings. The van der Waals surface area contributed by atoms with Crippen LogP contribution in [0.15, 0.2) is 53.1 Å². The van der Waals surface area contributed by atoms with Gasteiger partial charge in [-0.25, -0.2) is 9.97 Å². The molecule has 1 atom stereocenters. The first-order valence-electron chi connectivity index (χ1n) is 15.6. The number of aromatic nitrogens is 4. The van der Waals surface area contributed by atoms with E-state index in [1.807, 2.05) is 48.9 Å². The summed E-state index contributed by atoms with van der Waals surface area (Å²) in [5, 5.41) is 12.4. The maximum atomic E-state index is 13.4. The van der Waals surface area contributed by atoms with Crippen LogP contribution in [0.2, 0.25) is 0 Å². The normalized spacial score (nSPS) is 17.0. The fraction of sp³-hybridized carbons (Fsp3) is 0.343. The molecular weight excluding hydrogens is 582 g/mol. The number of hydrogen-bond donors (Lipinski definition) is 2. The predicted molar refractivity (Wildman–Crippen MR) is 174 cm³/mol. The lowest BCUT2D eigenvalue weighted by Gasteiger charge is -2.21. The Morgan fingerprint density at radius 2 is 1.78 bits per heavy atom. The molecule has 0 spiro atoms. The molecule has 1 amide bonds. The number of carboxylic acid groups (broad SMARTS) is 1. The molecular formula is C35H37N7O4. The van der Waals surface area contributed by atoms with Gasteiger partial charge in [-0.1, -0.05) is 24.3 Å². The minimum atomic E-state index is -0.743. The van der Waals surface area contributed by atoms with Crippen LogP contribution in [0.25, 0.3) is 33.7 Å². The average Bonchev–Trinajstić information content (AvgIpc) is 3.76. The van der Waals surface area contributed by atoms with Crippen LogP contribution in [-0.4, -0.2) is 73.0 Å². The Bertz CT molecular complexity index is 1990. The van der Waals surface area contributed by atoms with Crippen LogP contribution in [-0.2, 0) is 31.4 Å². The molecule has 0 radical (unpaired) electrons. The van der Waals surface area contributed by atoms with Crippen LogP contribution in [0.1, 0.15) is 45.2 Å². The summed E-state index contributed by atoms with van der Waals surface area (Å²) in [5.74, 6) is -0.372. The number of carbonyl (C=O) groups excluding carboxylic acids is 1. The molecule has 1 fully saturated rings. The zero-order chi connectivity index (χ0) is 32.1. The Hall–Kier alpha value is -4.87. The summed E-state index contributed by atoms with van der Waals surface area (Å²) in [6.45, 7) is 7.59. The molecule has 46 heavy (non-hydrogen) atoms. The third-order valence-electron chi connectivity index (χ3n) is 9.43. The third-order valence-corrected chi connectivity index (χ3v) is 9.43. The maximum Gasteiger partial charge on any atom is 0.307 e. The van der Waals surface area contributed by atoms with Gasteiger partial charge in [0, 0.05) is 56.6 Å². The molecule has 0 bridgehead atoms. The average molecular weight is 620 g/mol. The van der Waals surface area contributed by atoms with Crippen molar-refractivity contribution in [1.29, 1.82) is 0 Å². The highest BCUT2D eigenvalue weighted by Gasteiger charge is 2.28. The summed E-state index contributed by atoms with van der Waals surface area (Å²) in [5.41, 5.74) is 9.80. The molecule has 11 heteroatoms. The largest absolute Gasteiger partial charge is 0.481 e. The van der Waals surface area contributed by atoms with Crippen LogP contribution < -0.4 is 5.32 Å². The summed E-state index contributed by atoms with van der Waals surface area (Å²) in [7, 11) is 3.98. The van der Waals surface area contributed by atoms with Crippen molar-refractivity contribution < 1.29 is 19.1 Å². The highest BCUT2D eigenvalue weighted by Crippen LogP contribution is 2.36. The lowest BCUT2D eigenvalue weighted by Crippen LogP contribution is -2.27. The van der Waals surface area contributed by atoms with Gasteiger partial charge in [0.15, 0.2) is 11.4 Å². The van der Waals surface area contributed by atoms with Crippen LogP contribution >= 0.6 is 0 Å². The van der Waals surface area contributed by atoms with E-state index in [-0.39, 0.29) is 11.8 Å². The van der Waals surface area contributed by atoms with E-state index >= 15 is 0 Å². The van der Waals surface area contributed by atoms with Gasteiger partial charge in [0.2, 0.25) is 5.89 Å². The minimum Gasteiger partial charge on any atom is -0.481 e. The van der Waals surface area contributed by atoms with E-state index < -0.39 is 5.97 Å². The summed E-state index contributed by atoms with van der Waals surface area (Å²) >= 11 is 0. The van der Waals surface area contributed by atoms with Crippen molar-refractivity contribution >= 4 is 28.7 Å². The van der Waals surface area contributed by atoms with Crippen LogP contribution in [0.3, 0.4) is 0 Å². The van der Waals surface area contributed by atoms with E-state index in [1.165, 1.54) is 0 Å². The minimum absolute atomic E-state index is 0.226. The monoisotopic (exact) mass is 619 g/mol. The van der Waals surface area contributed by atoms with Crippen molar-refractivity contribution in [2.45, 2.75) is 39.8 Å². The number of hydrogen-bond acceptors (Lipinski definition) is 8. The second-order valence-corrected chi connectivity index (χ2v) is 12.5. The van der Waals surface area contributed by atoms with Gasteiger partial charge in [-0.2, -0.15) is 0 Å². The topological polar surface area (TPSA) is 130 Å². The number of rotatable bonds is 7. The summed E-state index contributed by atoms with van der Waals surface area (Å²) < 4.78 is 8.09. The number of likely N-dealkylation sites (tertiary alicyclic amines) is 1. The Morgan fingerprint density at radius 3 is 2.57 bits per heavy atom. The van der Waals surface area contributed by atoms with Crippen LogP contribution in [0.5, 0.6) is 0 Å². The number of nitrogens with zero attached hydrogens (tertiary/aromatic N) is 6. The van der Waals surface area contributed by atoms with Crippen molar-refractivity contribution in [3.05, 3.63) is 82.7 Å². The second-order valence-electron chi connectivity index (χ2n) is 12.5. The Labute approximate surface area is 266 Å². The first kappa shape index (κ1) is 29.8. The van der Waals surface area contributed by atoms with E-state index in [2.05, 4.69) is 51.2 Å². The molecule has 1 saturated heterocycles. The number of carbonyl (C=O) groups is 2. The highest BCUT2D eigenvalue weighted by molar-refractivity contribution is 6.03. The molecule has 5 heterocycles. The summed E-state index contributed by atoms with van der Waals surface area (Å²) in [6, 6.07) is 13.9. The Morgan fingerprint density at radius 1 is 1.02 bits per heavy atom. The number of aliphatic carboxylic acids is 1. The molecule has 0 unspecified atom stereocenters. The van der Waals surface area contributed by atoms with Crippen molar-refractivity contribution in [3.63, 3.8) is 0 Å². The number of carboxylic acids is 1. The van der Waals surface area contributed by atoms with Crippen molar-refractivity contribution in [3.8, 4) is 22.6 Å². The van der Waals surface area contributed by atoms with Crippen molar-refractivity contribution in [2.75, 3.05) is 32.0 Å². The molecule has 2 aliphatic heterocycles. The maximum absolute atomic E-state index is 13.4. The zero-order valence-corrected chi connectivity index (χ0v) is 26.5. The predicted octanol–water partition coefficient (Wildman–Crippen LogP) is 5.05. The Kier molecular flexibility index (Phi) is 7.66. The third kappa shape index (κ3) is 5.45. The zero-order valence-electron chi connectivity index (χ0n) is 26.5. The number of pyridine rings is 1. The summed E-state index contributed by atoms with van der Waals surface area (Å²) in [6.07, 6.45) is 3.22. The fourth-order valence-electron chi connectivity index (χ4n) is 6.75. The molecule has 11 nitrogen and oxygen atoms in total. The fourth-order valence-corrected chi connectivity index (χ4v) is 6.75. The quantitative estimate of drug-likeness (QED) is 0.257. The Balaban J connectivity index is 1.14. The van der Waals surface area contributed by atoms with E-state index in [0.29, 0.717) is 42.3 Å². The van der Waals surface area contributed by atoms with Gasteiger partial charge in [-0.05, 0) is 74.3 Å². The number of imidazole rings is 1. The van der Waals surface area contributed by atoms with Gasteiger partial charge in [0.1, 0.15) is 5.52 Å². The lowest BCUT2D eigenvalue weighted by atomic mass is 9.93. The van der Waals surface area contributed by atoms with Gasteiger partial charge < -0.3 is 24.3 Å². The molecule has 7 rings (SSSR count). The molecule has 0 saturated carbocycles. The number of amides is 1. The first-order chi connectivity index (χ1) is 22.2. The SMILES string of the molecule is Cc1c(NC(=O)c2nc3c(n2C)CCN(C)C3)cccc1-c1cccc(-c2nc3cc(CN4CC[C@@H](C(=O)O)C4)ncc3o2)c1C. The molecule has 0 aliphatic carbocycles. The van der Waals surface area contributed by atoms with Gasteiger partial charge in [0.05, 0.1) is 23.5 Å². The molecule has 236 valence electrons. The smallest absolute Gasteiger partial charge is 0.307 e. The lowest BCUT2D eigenvalue weighted by molar-refractivity contribution is -0.141. The highest BCUT2D eigenvalue weighted by atomic mass is 16.4. The van der Waals surface area contributed by atoms with Gasteiger partial charge in [0.25, 0.3) is 5.91 Å². The number of benzene rings is 2. The molecule has 2 N–H and O–H groups in total. The van der Waals surface area contributed by atoms with E-state index in [9.17, 15) is 14.7 Å². The molecule has 3 aromatic heterocycles. The number of oxazole rings is 1. The summed E-state index contributed by atoms with van der Waals surface area (Å²) in [4.78, 5) is 43.2. The van der Waals surface area contributed by atoms with Crippen LogP contribution in [0.4, 0.5) is 5.69 Å². The number of nitrogens with one attached hydrogen (secondary N) is 1. The van der Waals surface area contributed by atoms with Crippen molar-refractivity contribution in [1.82, 2.24) is 29.3 Å². The standard InChI is InChI=1S/C35H37N7O4/c1-20-24(25-8-6-10-27(21(25)2)38-33(43)32-37-29-19-40(3)13-12-30(29)41(32)4)7-5-9-26(20)34-39-28-15-23(36-16-31(28)46-34)18-42-14-11-22(17-42)35(44)45/h5-10,15-16,22H,11-14,17-19H2,1-4H3,(H,38,43)(H,44,45)/t22-/m1/s1. The molecule has 5 aromatic rings.